The molecule has 3 N–H and O–H groups in total. The van der Waals surface area contributed by atoms with E-state index < -0.39 is 0 Å². The van der Waals surface area contributed by atoms with Crippen molar-refractivity contribution in [1.82, 2.24) is 5.43 Å². The average Bonchev–Trinajstić information content (AvgIpc) is 2.86. The molecule has 17 heavy (non-hydrogen) atoms. The molecule has 0 saturated heterocycles. The first-order valence-electron chi connectivity index (χ1n) is 5.78. The second kappa shape index (κ2) is 6.10. The third-order valence-electron chi connectivity index (χ3n) is 2.71. The fraction of sp³-hybridized carbons (Fsp3) is 0.385. The summed E-state index contributed by atoms with van der Waals surface area (Å²) in [5, 5.41) is 0. The van der Waals surface area contributed by atoms with Crippen molar-refractivity contribution in [2.45, 2.75) is 24.3 Å². The number of hydrazine groups is 1. The Morgan fingerprint density at radius 2 is 2.18 bits per heavy atom. The Morgan fingerprint density at radius 3 is 2.76 bits per heavy atom. The maximum absolute atomic E-state index is 5.56. The molecule has 1 unspecified atom stereocenters. The largest absolute Gasteiger partial charge is 0.496 e. The summed E-state index contributed by atoms with van der Waals surface area (Å²) in [5.41, 5.74) is 4.09. The van der Waals surface area contributed by atoms with E-state index in [1.807, 2.05) is 0 Å². The molecule has 0 spiro atoms. The molecule has 3 nitrogen and oxygen atoms in total. The number of aryl methyl sites for hydroxylation is 1. The number of nitrogens with one attached hydrogen (secondary N) is 1. The Balaban J connectivity index is 1.89. The molecule has 0 aromatic heterocycles. The molecular weight excluding hydrogens is 232 g/mol. The summed E-state index contributed by atoms with van der Waals surface area (Å²) in [7, 11) is 0. The highest BCUT2D eigenvalue weighted by molar-refractivity contribution is 7.99. The Kier molecular flexibility index (Phi) is 4.48. The van der Waals surface area contributed by atoms with E-state index in [1.54, 1.807) is 11.8 Å². The van der Waals surface area contributed by atoms with Crippen LogP contribution in [0.2, 0.25) is 0 Å². The van der Waals surface area contributed by atoms with Crippen molar-refractivity contribution >= 4 is 11.8 Å². The van der Waals surface area contributed by atoms with Crippen LogP contribution in [0.4, 0.5) is 0 Å². The first-order chi connectivity index (χ1) is 8.29. The van der Waals surface area contributed by atoms with Crippen LogP contribution >= 0.6 is 11.8 Å². The molecule has 0 fully saturated rings. The lowest BCUT2D eigenvalue weighted by atomic mass is 10.2. The number of hydrogen-bond donors (Lipinski definition) is 2. The third-order valence-corrected chi connectivity index (χ3v) is 3.82. The number of ether oxygens (including phenoxy) is 1. The third kappa shape index (κ3) is 3.49. The smallest absolute Gasteiger partial charge is 0.111 e. The predicted molar refractivity (Wildman–Crippen MR) is 71.7 cm³/mol. The van der Waals surface area contributed by atoms with Gasteiger partial charge in [-0.05, 0) is 25.1 Å². The van der Waals surface area contributed by atoms with Crippen LogP contribution in [-0.4, -0.2) is 18.4 Å². The van der Waals surface area contributed by atoms with Crippen molar-refractivity contribution in [2.24, 2.45) is 5.84 Å². The minimum Gasteiger partial charge on any atom is -0.496 e. The zero-order chi connectivity index (χ0) is 12.1. The van der Waals surface area contributed by atoms with Crippen molar-refractivity contribution in [3.05, 3.63) is 41.7 Å². The van der Waals surface area contributed by atoms with Crippen LogP contribution < -0.4 is 11.3 Å². The van der Waals surface area contributed by atoms with E-state index in [2.05, 4.69) is 42.7 Å². The van der Waals surface area contributed by atoms with E-state index in [1.165, 1.54) is 10.5 Å². The molecule has 0 amide bonds. The van der Waals surface area contributed by atoms with Crippen molar-refractivity contribution in [3.63, 3.8) is 0 Å². The average molecular weight is 250 g/mol. The van der Waals surface area contributed by atoms with Crippen LogP contribution in [0.25, 0.3) is 0 Å². The van der Waals surface area contributed by atoms with E-state index >= 15 is 0 Å². The van der Waals surface area contributed by atoms with Crippen LogP contribution in [0, 0.1) is 6.92 Å². The molecule has 4 heteroatoms. The summed E-state index contributed by atoms with van der Waals surface area (Å²) >= 11 is 1.79. The van der Waals surface area contributed by atoms with Gasteiger partial charge in [-0.2, -0.15) is 0 Å². The number of benzene rings is 1. The van der Waals surface area contributed by atoms with Gasteiger partial charge in [-0.1, -0.05) is 17.7 Å². The molecule has 0 aliphatic carbocycles. The minimum absolute atomic E-state index is 0.101. The van der Waals surface area contributed by atoms with Gasteiger partial charge in [0.15, 0.2) is 0 Å². The van der Waals surface area contributed by atoms with Crippen molar-refractivity contribution in [1.29, 1.82) is 0 Å². The van der Waals surface area contributed by atoms with E-state index in [0.717, 1.165) is 24.5 Å². The molecule has 1 atom stereocenters. The highest BCUT2D eigenvalue weighted by atomic mass is 32.2. The molecule has 0 saturated carbocycles. The van der Waals surface area contributed by atoms with Crippen molar-refractivity contribution in [2.75, 3.05) is 12.4 Å². The maximum atomic E-state index is 5.56. The molecule has 2 rings (SSSR count). The maximum Gasteiger partial charge on any atom is 0.111 e. The molecule has 92 valence electrons. The van der Waals surface area contributed by atoms with E-state index in [9.17, 15) is 0 Å². The van der Waals surface area contributed by atoms with Gasteiger partial charge in [0.05, 0.1) is 12.6 Å². The molecular formula is C13H18N2OS. The lowest BCUT2D eigenvalue weighted by molar-refractivity contribution is 0.220. The van der Waals surface area contributed by atoms with Gasteiger partial charge in [0.25, 0.3) is 0 Å². The first kappa shape index (κ1) is 12.5. The van der Waals surface area contributed by atoms with Gasteiger partial charge in [0, 0.05) is 17.1 Å². The molecule has 0 bridgehead atoms. The number of nitrogens with two attached hydrogens (primary N) is 1. The molecule has 1 heterocycles. The minimum atomic E-state index is 0.101. The first-order valence-corrected chi connectivity index (χ1v) is 6.76. The van der Waals surface area contributed by atoms with Crippen LogP contribution in [0.15, 0.2) is 41.0 Å². The summed E-state index contributed by atoms with van der Waals surface area (Å²) in [6.45, 7) is 2.87. The lowest BCUT2D eigenvalue weighted by Crippen LogP contribution is -2.38. The fourth-order valence-electron chi connectivity index (χ4n) is 1.71. The van der Waals surface area contributed by atoms with E-state index in [-0.39, 0.29) is 6.04 Å². The molecule has 1 aliphatic rings. The predicted octanol–water partition coefficient (Wildman–Crippen LogP) is 2.22. The zero-order valence-corrected chi connectivity index (χ0v) is 10.8. The fourth-order valence-corrected chi connectivity index (χ4v) is 2.65. The topological polar surface area (TPSA) is 47.3 Å². The van der Waals surface area contributed by atoms with Gasteiger partial charge in [-0.3, -0.25) is 5.84 Å². The summed E-state index contributed by atoms with van der Waals surface area (Å²) in [6, 6.07) is 8.62. The second-order valence-electron chi connectivity index (χ2n) is 4.09. The standard InChI is InChI=1S/C13H18N2OS/c1-10-4-6-11(7-5-10)17-9-12(15-14)13-3-2-8-16-13/h3-7,12,15H,2,8-9,14H2,1H3. The Bertz CT molecular complexity index is 389. The summed E-state index contributed by atoms with van der Waals surface area (Å²) < 4.78 is 5.52. The summed E-state index contributed by atoms with van der Waals surface area (Å²) in [4.78, 5) is 1.26. The Morgan fingerprint density at radius 1 is 1.41 bits per heavy atom. The normalized spacial score (nSPS) is 16.5. The van der Waals surface area contributed by atoms with Crippen molar-refractivity contribution < 1.29 is 4.74 Å². The van der Waals surface area contributed by atoms with Gasteiger partial charge < -0.3 is 4.74 Å². The van der Waals surface area contributed by atoms with Gasteiger partial charge in [0.1, 0.15) is 5.76 Å². The van der Waals surface area contributed by atoms with Gasteiger partial charge in [0.2, 0.25) is 0 Å². The summed E-state index contributed by atoms with van der Waals surface area (Å²) in [6.07, 6.45) is 3.10. The Labute approximate surface area is 106 Å². The second-order valence-corrected chi connectivity index (χ2v) is 5.18. The van der Waals surface area contributed by atoms with Gasteiger partial charge >= 0.3 is 0 Å². The highest BCUT2D eigenvalue weighted by Gasteiger charge is 2.17. The Hall–Kier alpha value is -0.970. The molecule has 1 aromatic rings. The van der Waals surface area contributed by atoms with Crippen LogP contribution in [0.3, 0.4) is 0 Å². The highest BCUT2D eigenvalue weighted by Crippen LogP contribution is 2.23. The van der Waals surface area contributed by atoms with E-state index in [4.69, 9.17) is 10.6 Å². The quantitative estimate of drug-likeness (QED) is 0.478. The van der Waals surface area contributed by atoms with Crippen LogP contribution in [0.5, 0.6) is 0 Å². The van der Waals surface area contributed by atoms with Gasteiger partial charge in [-0.15, -0.1) is 11.8 Å². The monoisotopic (exact) mass is 250 g/mol. The van der Waals surface area contributed by atoms with E-state index in [0.29, 0.717) is 0 Å². The lowest BCUT2D eigenvalue weighted by Gasteiger charge is -2.16. The van der Waals surface area contributed by atoms with Crippen molar-refractivity contribution in [3.8, 4) is 0 Å². The molecule has 1 aromatic carbocycles. The zero-order valence-electron chi connectivity index (χ0n) is 9.98. The van der Waals surface area contributed by atoms with Gasteiger partial charge in [-0.25, -0.2) is 5.43 Å². The van der Waals surface area contributed by atoms with Crippen LogP contribution in [-0.2, 0) is 4.74 Å². The number of rotatable bonds is 5. The number of hydrogen-bond acceptors (Lipinski definition) is 4. The molecule has 0 radical (unpaired) electrons. The number of thioether (sulfide) groups is 1. The SMILES string of the molecule is Cc1ccc(SCC(NN)C2=CCCO2)cc1. The summed E-state index contributed by atoms with van der Waals surface area (Å²) in [5.74, 6) is 7.42. The molecule has 1 aliphatic heterocycles. The van der Waals surface area contributed by atoms with Crippen LogP contribution in [0.1, 0.15) is 12.0 Å².